The third-order valence-corrected chi connectivity index (χ3v) is 3.58. The third-order valence-electron chi connectivity index (χ3n) is 3.58. The number of esters is 1. The summed E-state index contributed by atoms with van der Waals surface area (Å²) in [5, 5.41) is 0. The maximum atomic E-state index is 13.8. The molecule has 0 spiro atoms. The molecule has 1 saturated heterocycles. The molecule has 1 unspecified atom stereocenters. The van der Waals surface area contributed by atoms with Crippen LogP contribution in [0.2, 0.25) is 0 Å². The van der Waals surface area contributed by atoms with Crippen LogP contribution in [0, 0.1) is 11.6 Å². The molecule has 2 rings (SSSR count). The number of hydrogen-bond acceptors (Lipinski definition) is 5. The van der Waals surface area contributed by atoms with Crippen LogP contribution in [0.25, 0.3) is 0 Å². The lowest BCUT2D eigenvalue weighted by Crippen LogP contribution is -2.37. The zero-order valence-electron chi connectivity index (χ0n) is 12.7. The maximum Gasteiger partial charge on any atom is 0.522 e. The number of alkyl halides is 3. The van der Waals surface area contributed by atoms with Crippen molar-refractivity contribution in [3.05, 3.63) is 23.8 Å². The number of methoxy groups -OCH3 is 2. The fraction of sp³-hybridized carbons (Fsp3) is 0.500. The minimum atomic E-state index is -4.89. The quantitative estimate of drug-likeness (QED) is 0.614. The van der Waals surface area contributed by atoms with E-state index in [0.29, 0.717) is 0 Å². The molecule has 0 N–H and O–H groups in total. The molecule has 1 aliphatic heterocycles. The van der Waals surface area contributed by atoms with Crippen LogP contribution in [0.4, 0.5) is 27.6 Å². The number of anilines is 1. The van der Waals surface area contributed by atoms with E-state index in [2.05, 4.69) is 9.47 Å². The Hall–Kier alpha value is -2.10. The molecule has 1 aromatic carbocycles. The second-order valence-corrected chi connectivity index (χ2v) is 5.03. The molecule has 5 nitrogen and oxygen atoms in total. The highest BCUT2D eigenvalue weighted by molar-refractivity contribution is 5.82. The van der Waals surface area contributed by atoms with Gasteiger partial charge >= 0.3 is 12.3 Å². The molecular formula is C14H14F5NO4. The monoisotopic (exact) mass is 355 g/mol. The fourth-order valence-electron chi connectivity index (χ4n) is 2.64. The van der Waals surface area contributed by atoms with Gasteiger partial charge in [0.05, 0.1) is 26.0 Å². The lowest BCUT2D eigenvalue weighted by Gasteiger charge is -2.26. The third kappa shape index (κ3) is 3.69. The molecule has 24 heavy (non-hydrogen) atoms. The van der Waals surface area contributed by atoms with Crippen molar-refractivity contribution < 1.29 is 41.0 Å². The molecule has 0 aromatic heterocycles. The Morgan fingerprint density at radius 3 is 2.46 bits per heavy atom. The summed E-state index contributed by atoms with van der Waals surface area (Å²) < 4.78 is 77.7. The Morgan fingerprint density at radius 2 is 1.92 bits per heavy atom. The van der Waals surface area contributed by atoms with Crippen LogP contribution in [0.1, 0.15) is 6.42 Å². The summed E-state index contributed by atoms with van der Waals surface area (Å²) >= 11 is 0. The molecule has 10 heteroatoms. The second-order valence-electron chi connectivity index (χ2n) is 5.03. The highest BCUT2D eigenvalue weighted by Crippen LogP contribution is 2.38. The van der Waals surface area contributed by atoms with Gasteiger partial charge in [0.2, 0.25) is 5.82 Å². The number of carbonyl (C=O) groups excluding carboxylic acids is 1. The van der Waals surface area contributed by atoms with Crippen LogP contribution in [0.15, 0.2) is 12.1 Å². The van der Waals surface area contributed by atoms with Crippen molar-refractivity contribution in [3.8, 4) is 5.75 Å². The number of carbonyl (C=O) groups is 1. The molecule has 0 aliphatic carbocycles. The van der Waals surface area contributed by atoms with Crippen LogP contribution in [-0.2, 0) is 14.3 Å². The van der Waals surface area contributed by atoms with Crippen molar-refractivity contribution in [2.45, 2.75) is 24.9 Å². The highest BCUT2D eigenvalue weighted by atomic mass is 19.4. The summed E-state index contributed by atoms with van der Waals surface area (Å²) in [5.41, 5.74) is -0.0694. The van der Waals surface area contributed by atoms with Gasteiger partial charge in [-0.2, -0.15) is 4.39 Å². The van der Waals surface area contributed by atoms with Gasteiger partial charge in [-0.15, -0.1) is 13.2 Å². The molecule has 134 valence electrons. The zero-order chi connectivity index (χ0) is 18.1. The predicted octanol–water partition coefficient (Wildman–Crippen LogP) is 2.63. The van der Waals surface area contributed by atoms with E-state index in [1.165, 1.54) is 0 Å². The van der Waals surface area contributed by atoms with Crippen LogP contribution in [0.3, 0.4) is 0 Å². The smallest absolute Gasteiger partial charge is 0.491 e. The van der Waals surface area contributed by atoms with Crippen LogP contribution < -0.4 is 9.64 Å². The molecule has 0 bridgehead atoms. The largest absolute Gasteiger partial charge is 0.522 e. The van der Waals surface area contributed by atoms with E-state index in [-0.39, 0.29) is 18.7 Å². The Bertz CT molecular complexity index is 622. The van der Waals surface area contributed by atoms with E-state index >= 15 is 0 Å². The van der Waals surface area contributed by atoms with Gasteiger partial charge in [-0.3, -0.25) is 4.74 Å². The Labute approximate surface area is 133 Å². The van der Waals surface area contributed by atoms with Crippen molar-refractivity contribution in [2.24, 2.45) is 0 Å². The topological polar surface area (TPSA) is 48.0 Å². The SMILES string of the molecule is COC(=O)C1C[C@@H](OC(F)(F)F)CN1c1ccc(F)c(F)c1OC. The number of nitrogens with zero attached hydrogens (tertiary/aromatic N) is 1. The molecule has 0 saturated carbocycles. The van der Waals surface area contributed by atoms with Crippen molar-refractivity contribution in [2.75, 3.05) is 25.7 Å². The molecule has 0 radical (unpaired) electrons. The van der Waals surface area contributed by atoms with Gasteiger partial charge in [-0.1, -0.05) is 0 Å². The van der Waals surface area contributed by atoms with Gasteiger partial charge in [0.25, 0.3) is 0 Å². The number of hydrogen-bond donors (Lipinski definition) is 0. The molecule has 1 heterocycles. The van der Waals surface area contributed by atoms with E-state index in [0.717, 1.165) is 31.3 Å². The van der Waals surface area contributed by atoms with Gasteiger partial charge in [0.1, 0.15) is 6.04 Å². The molecular weight excluding hydrogens is 341 g/mol. The minimum Gasteiger partial charge on any atom is -0.491 e. The van der Waals surface area contributed by atoms with Crippen LogP contribution >= 0.6 is 0 Å². The summed E-state index contributed by atoms with van der Waals surface area (Å²) in [4.78, 5) is 13.0. The average molecular weight is 355 g/mol. The Balaban J connectivity index is 2.39. The second kappa shape index (κ2) is 6.80. The molecule has 1 aromatic rings. The molecule has 0 amide bonds. The van der Waals surface area contributed by atoms with Gasteiger partial charge in [0, 0.05) is 13.0 Å². The zero-order valence-corrected chi connectivity index (χ0v) is 12.7. The van der Waals surface area contributed by atoms with Gasteiger partial charge in [-0.05, 0) is 12.1 Å². The van der Waals surface area contributed by atoms with Gasteiger partial charge in [-0.25, -0.2) is 9.18 Å². The van der Waals surface area contributed by atoms with Crippen molar-refractivity contribution in [1.29, 1.82) is 0 Å². The Kier molecular flexibility index (Phi) is 5.16. The predicted molar refractivity (Wildman–Crippen MR) is 71.6 cm³/mol. The number of benzene rings is 1. The van der Waals surface area contributed by atoms with Gasteiger partial charge in [0.15, 0.2) is 11.6 Å². The van der Waals surface area contributed by atoms with E-state index in [1.54, 1.807) is 0 Å². The fourth-order valence-corrected chi connectivity index (χ4v) is 2.64. The summed E-state index contributed by atoms with van der Waals surface area (Å²) in [6.07, 6.45) is -6.58. The first-order valence-corrected chi connectivity index (χ1v) is 6.79. The van der Waals surface area contributed by atoms with Crippen LogP contribution in [-0.4, -0.2) is 45.2 Å². The average Bonchev–Trinajstić information content (AvgIpc) is 2.90. The molecule has 1 fully saturated rings. The lowest BCUT2D eigenvalue weighted by atomic mass is 10.2. The van der Waals surface area contributed by atoms with E-state index in [4.69, 9.17) is 4.74 Å². The standard InChI is InChI=1S/C14H14F5NO4/c1-22-12-9(4-3-8(15)11(12)16)20-6-7(24-14(17,18)19)5-10(20)13(21)23-2/h3-4,7,10H,5-6H2,1-2H3/t7-,10?/m1/s1. The molecule has 2 atom stereocenters. The lowest BCUT2D eigenvalue weighted by molar-refractivity contribution is -0.339. The normalized spacial score (nSPS) is 21.0. The molecule has 1 aliphatic rings. The maximum absolute atomic E-state index is 13.8. The first kappa shape index (κ1) is 18.2. The van der Waals surface area contributed by atoms with Crippen molar-refractivity contribution in [3.63, 3.8) is 0 Å². The number of ether oxygens (including phenoxy) is 3. The summed E-state index contributed by atoms with van der Waals surface area (Å²) in [7, 11) is 2.15. The van der Waals surface area contributed by atoms with Crippen LogP contribution in [0.5, 0.6) is 5.75 Å². The van der Waals surface area contributed by atoms with E-state index in [9.17, 15) is 26.7 Å². The number of halogens is 5. The first-order chi connectivity index (χ1) is 11.2. The first-order valence-electron chi connectivity index (χ1n) is 6.79. The van der Waals surface area contributed by atoms with Crippen molar-refractivity contribution in [1.82, 2.24) is 0 Å². The highest BCUT2D eigenvalue weighted by Gasteiger charge is 2.44. The number of rotatable bonds is 4. The summed E-state index contributed by atoms with van der Waals surface area (Å²) in [6, 6.07) is 0.754. The van der Waals surface area contributed by atoms with Crippen molar-refractivity contribution >= 4 is 11.7 Å². The van der Waals surface area contributed by atoms with Gasteiger partial charge < -0.3 is 14.4 Å². The summed E-state index contributed by atoms with van der Waals surface area (Å²) in [6.45, 7) is -0.374. The van der Waals surface area contributed by atoms with E-state index < -0.39 is 41.9 Å². The Morgan fingerprint density at radius 1 is 1.25 bits per heavy atom. The summed E-state index contributed by atoms with van der Waals surface area (Å²) in [5.74, 6) is -3.84. The minimum absolute atomic E-state index is 0.0694. The van der Waals surface area contributed by atoms with E-state index in [1.807, 2.05) is 0 Å².